The van der Waals surface area contributed by atoms with Crippen molar-refractivity contribution in [2.75, 3.05) is 6.54 Å². The number of halogens is 3. The zero-order valence-corrected chi connectivity index (χ0v) is 7.97. The van der Waals surface area contributed by atoms with Gasteiger partial charge in [0.2, 0.25) is 0 Å². The average Bonchev–Trinajstić information content (AvgIpc) is 2.85. The van der Waals surface area contributed by atoms with Crippen LogP contribution in [0.15, 0.2) is 0 Å². The Morgan fingerprint density at radius 1 is 1.40 bits per heavy atom. The molecule has 4 nitrogen and oxygen atoms in total. The van der Waals surface area contributed by atoms with E-state index in [9.17, 15) is 22.8 Å². The number of carbonyl (C=O) groups is 2. The van der Waals surface area contributed by atoms with E-state index >= 15 is 0 Å². The van der Waals surface area contributed by atoms with Crippen LogP contribution in [0.4, 0.5) is 13.2 Å². The molecule has 0 aromatic heterocycles. The Morgan fingerprint density at radius 2 is 1.87 bits per heavy atom. The molecule has 0 atom stereocenters. The maximum absolute atomic E-state index is 12.1. The summed E-state index contributed by atoms with van der Waals surface area (Å²) in [6.07, 6.45) is -4.85. The number of carboxylic acids is 1. The van der Waals surface area contributed by atoms with Crippen molar-refractivity contribution >= 4 is 11.9 Å². The Balaban J connectivity index is 2.91. The Bertz CT molecular complexity index is 296. The first kappa shape index (κ1) is 11.8. The number of hydrogen-bond donors (Lipinski definition) is 1. The van der Waals surface area contributed by atoms with Gasteiger partial charge in [0.25, 0.3) is 0 Å². The van der Waals surface area contributed by atoms with E-state index in [1.807, 2.05) is 0 Å². The van der Waals surface area contributed by atoms with E-state index < -0.39 is 23.6 Å². The number of alkyl halides is 3. The van der Waals surface area contributed by atoms with Crippen LogP contribution in [0.5, 0.6) is 0 Å². The van der Waals surface area contributed by atoms with Crippen LogP contribution in [0.25, 0.3) is 0 Å². The van der Waals surface area contributed by atoms with Gasteiger partial charge in [0.05, 0.1) is 0 Å². The molecule has 0 radical (unpaired) electrons. The molecule has 0 spiro atoms. The van der Waals surface area contributed by atoms with E-state index in [1.54, 1.807) is 0 Å². The minimum absolute atomic E-state index is 0.0813. The molecule has 0 unspecified atom stereocenters. The minimum atomic E-state index is -5.01. The first-order chi connectivity index (χ1) is 6.75. The number of amides is 1. The quantitative estimate of drug-likeness (QED) is 0.779. The molecule has 15 heavy (non-hydrogen) atoms. The Kier molecular flexibility index (Phi) is 2.67. The van der Waals surface area contributed by atoms with Crippen LogP contribution in [0.1, 0.15) is 19.8 Å². The minimum Gasteiger partial charge on any atom is -0.479 e. The van der Waals surface area contributed by atoms with Crippen molar-refractivity contribution in [2.24, 2.45) is 0 Å². The number of hydrogen-bond acceptors (Lipinski definition) is 2. The molecule has 0 saturated heterocycles. The molecule has 1 amide bonds. The van der Waals surface area contributed by atoms with Crippen LogP contribution in [-0.4, -0.2) is 40.1 Å². The lowest BCUT2D eigenvalue weighted by Gasteiger charge is -2.28. The van der Waals surface area contributed by atoms with Crippen LogP contribution in [0.3, 0.4) is 0 Å². The van der Waals surface area contributed by atoms with Gasteiger partial charge in [-0.15, -0.1) is 0 Å². The van der Waals surface area contributed by atoms with Crippen molar-refractivity contribution in [3.8, 4) is 0 Å². The summed E-state index contributed by atoms with van der Waals surface area (Å²) in [6.45, 7) is 1.07. The molecule has 1 saturated carbocycles. The fourth-order valence-corrected chi connectivity index (χ4v) is 1.51. The fraction of sp³-hybridized carbons (Fsp3) is 0.750. The third kappa shape index (κ3) is 1.91. The maximum atomic E-state index is 12.1. The normalized spacial score (nSPS) is 18.4. The summed E-state index contributed by atoms with van der Waals surface area (Å²) < 4.78 is 36.4. The van der Waals surface area contributed by atoms with E-state index in [0.717, 1.165) is 0 Å². The largest absolute Gasteiger partial charge is 0.479 e. The monoisotopic (exact) mass is 225 g/mol. The second-order valence-electron chi connectivity index (χ2n) is 3.38. The summed E-state index contributed by atoms with van der Waals surface area (Å²) >= 11 is 0. The fourth-order valence-electron chi connectivity index (χ4n) is 1.51. The lowest BCUT2D eigenvalue weighted by atomic mass is 10.2. The SMILES string of the molecule is CCN(C(=O)C(F)(F)F)C1(C(=O)O)CC1. The van der Waals surface area contributed by atoms with Crippen molar-refractivity contribution in [3.63, 3.8) is 0 Å². The Hall–Kier alpha value is -1.27. The summed E-state index contributed by atoms with van der Waals surface area (Å²) in [5.41, 5.74) is -1.62. The molecule has 0 aromatic carbocycles. The second-order valence-corrected chi connectivity index (χ2v) is 3.38. The van der Waals surface area contributed by atoms with Gasteiger partial charge in [-0.1, -0.05) is 0 Å². The summed E-state index contributed by atoms with van der Waals surface area (Å²) in [5, 5.41) is 8.76. The molecule has 1 rings (SSSR count). The van der Waals surface area contributed by atoms with Gasteiger partial charge < -0.3 is 10.0 Å². The zero-order valence-electron chi connectivity index (χ0n) is 7.97. The molecule has 1 aliphatic rings. The molecule has 86 valence electrons. The average molecular weight is 225 g/mol. The predicted molar refractivity (Wildman–Crippen MR) is 43.0 cm³/mol. The maximum Gasteiger partial charge on any atom is 0.471 e. The van der Waals surface area contributed by atoms with Crippen molar-refractivity contribution in [1.29, 1.82) is 0 Å². The highest BCUT2D eigenvalue weighted by molar-refractivity contribution is 5.91. The van der Waals surface area contributed by atoms with E-state index in [1.165, 1.54) is 6.92 Å². The molecule has 0 aliphatic heterocycles. The third-order valence-electron chi connectivity index (χ3n) is 2.44. The third-order valence-corrected chi connectivity index (χ3v) is 2.44. The van der Waals surface area contributed by atoms with Crippen molar-refractivity contribution in [2.45, 2.75) is 31.5 Å². The topological polar surface area (TPSA) is 57.6 Å². The Morgan fingerprint density at radius 3 is 2.07 bits per heavy atom. The standard InChI is InChI=1S/C8H10F3NO3/c1-2-12(5(13)8(9,10)11)7(3-4-7)6(14)15/h2-4H2,1H3,(H,14,15). The smallest absolute Gasteiger partial charge is 0.471 e. The van der Waals surface area contributed by atoms with Crippen LogP contribution in [0.2, 0.25) is 0 Å². The lowest BCUT2D eigenvalue weighted by molar-refractivity contribution is -0.190. The van der Waals surface area contributed by atoms with Crippen LogP contribution < -0.4 is 0 Å². The number of aliphatic carboxylic acids is 1. The molecular weight excluding hydrogens is 215 g/mol. The summed E-state index contributed by atoms with van der Waals surface area (Å²) in [6, 6.07) is 0. The lowest BCUT2D eigenvalue weighted by Crippen LogP contribution is -2.52. The molecule has 1 N–H and O–H groups in total. The van der Waals surface area contributed by atoms with Gasteiger partial charge in [-0.3, -0.25) is 4.79 Å². The van der Waals surface area contributed by atoms with E-state index in [2.05, 4.69) is 0 Å². The zero-order chi connectivity index (χ0) is 11.9. The van der Waals surface area contributed by atoms with Gasteiger partial charge in [-0.25, -0.2) is 4.79 Å². The number of nitrogens with zero attached hydrogens (tertiary/aromatic N) is 1. The first-order valence-corrected chi connectivity index (χ1v) is 4.38. The van der Waals surface area contributed by atoms with Crippen molar-refractivity contribution in [3.05, 3.63) is 0 Å². The number of carboxylic acid groups (broad SMARTS) is 1. The van der Waals surface area contributed by atoms with Gasteiger partial charge in [0.15, 0.2) is 0 Å². The van der Waals surface area contributed by atoms with Crippen LogP contribution in [-0.2, 0) is 9.59 Å². The molecule has 0 heterocycles. The number of likely N-dealkylation sites (N-methyl/N-ethyl adjacent to an activating group) is 1. The van der Waals surface area contributed by atoms with Gasteiger partial charge in [-0.05, 0) is 19.8 Å². The summed E-state index contributed by atoms with van der Waals surface area (Å²) in [7, 11) is 0. The van der Waals surface area contributed by atoms with Crippen LogP contribution >= 0.6 is 0 Å². The Labute approximate surface area is 83.7 Å². The highest BCUT2D eigenvalue weighted by atomic mass is 19.4. The number of carbonyl (C=O) groups excluding carboxylic acids is 1. The molecule has 7 heteroatoms. The van der Waals surface area contributed by atoms with Gasteiger partial charge in [0, 0.05) is 6.54 Å². The van der Waals surface area contributed by atoms with Crippen molar-refractivity contribution < 1.29 is 27.9 Å². The van der Waals surface area contributed by atoms with Crippen LogP contribution in [0, 0.1) is 0 Å². The summed E-state index contributed by atoms with van der Waals surface area (Å²) in [5.74, 6) is -3.45. The van der Waals surface area contributed by atoms with Gasteiger partial charge in [-0.2, -0.15) is 13.2 Å². The van der Waals surface area contributed by atoms with Crippen molar-refractivity contribution in [1.82, 2.24) is 4.90 Å². The highest BCUT2D eigenvalue weighted by Crippen LogP contribution is 2.43. The number of rotatable bonds is 3. The molecule has 0 aromatic rings. The molecule has 0 bridgehead atoms. The predicted octanol–water partition coefficient (Wildman–Crippen LogP) is 1.01. The second kappa shape index (κ2) is 3.39. The highest BCUT2D eigenvalue weighted by Gasteiger charge is 2.60. The van der Waals surface area contributed by atoms with Gasteiger partial charge >= 0.3 is 18.1 Å². The van der Waals surface area contributed by atoms with E-state index in [-0.39, 0.29) is 19.4 Å². The van der Waals surface area contributed by atoms with E-state index in [4.69, 9.17) is 5.11 Å². The molecule has 1 aliphatic carbocycles. The molecule has 1 fully saturated rings. The van der Waals surface area contributed by atoms with Gasteiger partial charge in [0.1, 0.15) is 5.54 Å². The van der Waals surface area contributed by atoms with E-state index in [0.29, 0.717) is 4.90 Å². The first-order valence-electron chi connectivity index (χ1n) is 4.38. The molecular formula is C8H10F3NO3. The summed E-state index contributed by atoms with van der Waals surface area (Å²) in [4.78, 5) is 22.1.